The van der Waals surface area contributed by atoms with Crippen molar-refractivity contribution in [3.8, 4) is 17.2 Å². The lowest BCUT2D eigenvalue weighted by molar-refractivity contribution is -0.111. The molecular formula is C23H20BrNO4. The summed E-state index contributed by atoms with van der Waals surface area (Å²) in [6.45, 7) is 0.417. The highest BCUT2D eigenvalue weighted by molar-refractivity contribution is 9.10. The van der Waals surface area contributed by atoms with Gasteiger partial charge in [0.25, 0.3) is 0 Å². The smallest absolute Gasteiger partial charge is 0.248 e. The molecule has 3 aromatic carbocycles. The number of rotatable bonds is 7. The number of nitrogens with one attached hydrogen (secondary N) is 1. The molecule has 0 aliphatic carbocycles. The minimum Gasteiger partial charge on any atom is -0.508 e. The number of phenolic OH excluding ortho intramolecular Hbond substituents is 1. The first-order valence-corrected chi connectivity index (χ1v) is 9.67. The van der Waals surface area contributed by atoms with Gasteiger partial charge in [-0.2, -0.15) is 0 Å². The molecule has 0 saturated carbocycles. The third kappa shape index (κ3) is 5.86. The topological polar surface area (TPSA) is 67.8 Å². The second-order valence-corrected chi connectivity index (χ2v) is 7.03. The second-order valence-electron chi connectivity index (χ2n) is 6.18. The first kappa shape index (κ1) is 20.5. The molecule has 0 aliphatic heterocycles. The van der Waals surface area contributed by atoms with E-state index in [9.17, 15) is 9.90 Å². The van der Waals surface area contributed by atoms with E-state index < -0.39 is 0 Å². The fraction of sp³-hybridized carbons (Fsp3) is 0.0870. The van der Waals surface area contributed by atoms with Crippen molar-refractivity contribution < 1.29 is 19.4 Å². The van der Waals surface area contributed by atoms with Crippen molar-refractivity contribution in [2.45, 2.75) is 6.61 Å². The number of amides is 1. The van der Waals surface area contributed by atoms with Crippen LogP contribution in [0.2, 0.25) is 0 Å². The third-order valence-electron chi connectivity index (χ3n) is 4.04. The van der Waals surface area contributed by atoms with Crippen molar-refractivity contribution >= 4 is 33.6 Å². The number of benzene rings is 3. The molecule has 0 spiro atoms. The fourth-order valence-corrected chi connectivity index (χ4v) is 3.18. The van der Waals surface area contributed by atoms with Crippen LogP contribution < -0.4 is 14.8 Å². The molecule has 0 aliphatic rings. The third-order valence-corrected chi connectivity index (χ3v) is 4.63. The summed E-state index contributed by atoms with van der Waals surface area (Å²) in [5.41, 5.74) is 2.43. The van der Waals surface area contributed by atoms with E-state index in [1.54, 1.807) is 31.4 Å². The van der Waals surface area contributed by atoms with Gasteiger partial charge in [0.15, 0.2) is 11.5 Å². The molecular weight excluding hydrogens is 434 g/mol. The Morgan fingerprint density at radius 1 is 1.10 bits per heavy atom. The number of methoxy groups -OCH3 is 1. The van der Waals surface area contributed by atoms with Crippen LogP contribution in [0.1, 0.15) is 11.1 Å². The van der Waals surface area contributed by atoms with Crippen LogP contribution in [-0.4, -0.2) is 18.1 Å². The van der Waals surface area contributed by atoms with Gasteiger partial charge in [-0.1, -0.05) is 30.3 Å². The van der Waals surface area contributed by atoms with Gasteiger partial charge in [-0.25, -0.2) is 0 Å². The fourth-order valence-electron chi connectivity index (χ4n) is 2.61. The maximum Gasteiger partial charge on any atom is 0.248 e. The van der Waals surface area contributed by atoms with E-state index in [4.69, 9.17) is 9.47 Å². The molecule has 1 amide bonds. The van der Waals surface area contributed by atoms with Crippen molar-refractivity contribution in [2.75, 3.05) is 12.4 Å². The van der Waals surface area contributed by atoms with Crippen LogP contribution in [-0.2, 0) is 11.4 Å². The quantitative estimate of drug-likeness (QED) is 0.371. The van der Waals surface area contributed by atoms with Crippen molar-refractivity contribution in [1.82, 2.24) is 0 Å². The lowest BCUT2D eigenvalue weighted by atomic mass is 10.2. The standard InChI is InChI=1S/C23H20BrNO4/c1-28-21-14-17(7-12-22(27)25-18-8-10-19(26)11-9-18)13-20(24)23(21)29-15-16-5-3-2-4-6-16/h2-14,26H,15H2,1H3,(H,25,27)/b12-7+. The van der Waals surface area contributed by atoms with Gasteiger partial charge in [-0.3, -0.25) is 4.79 Å². The summed E-state index contributed by atoms with van der Waals surface area (Å²) in [7, 11) is 1.57. The molecule has 0 atom stereocenters. The van der Waals surface area contributed by atoms with Gasteiger partial charge in [-0.15, -0.1) is 0 Å². The Morgan fingerprint density at radius 2 is 1.83 bits per heavy atom. The first-order valence-electron chi connectivity index (χ1n) is 8.87. The number of carbonyl (C=O) groups excluding carboxylic acids is 1. The molecule has 29 heavy (non-hydrogen) atoms. The lowest BCUT2D eigenvalue weighted by Crippen LogP contribution is -2.07. The molecule has 148 valence electrons. The molecule has 0 aromatic heterocycles. The van der Waals surface area contributed by atoms with E-state index in [0.717, 1.165) is 15.6 Å². The largest absolute Gasteiger partial charge is 0.508 e. The highest BCUT2D eigenvalue weighted by atomic mass is 79.9. The molecule has 5 nitrogen and oxygen atoms in total. The predicted molar refractivity (Wildman–Crippen MR) is 117 cm³/mol. The average Bonchev–Trinajstić information content (AvgIpc) is 2.73. The Kier molecular flexibility index (Phi) is 6.92. The number of ether oxygens (including phenoxy) is 2. The molecule has 0 radical (unpaired) electrons. The van der Waals surface area contributed by atoms with Gasteiger partial charge in [0, 0.05) is 11.8 Å². The second kappa shape index (κ2) is 9.80. The minimum absolute atomic E-state index is 0.144. The number of halogens is 1. The summed E-state index contributed by atoms with van der Waals surface area (Å²) >= 11 is 3.52. The monoisotopic (exact) mass is 453 g/mol. The normalized spacial score (nSPS) is 10.7. The molecule has 3 rings (SSSR count). The summed E-state index contributed by atoms with van der Waals surface area (Å²) in [6, 6.07) is 19.8. The number of hydrogen-bond acceptors (Lipinski definition) is 4. The molecule has 2 N–H and O–H groups in total. The van der Waals surface area contributed by atoms with E-state index in [2.05, 4.69) is 21.2 Å². The van der Waals surface area contributed by atoms with Crippen molar-refractivity contribution in [2.24, 2.45) is 0 Å². The number of carbonyl (C=O) groups is 1. The van der Waals surface area contributed by atoms with Crippen LogP contribution >= 0.6 is 15.9 Å². The SMILES string of the molecule is COc1cc(/C=C/C(=O)Nc2ccc(O)cc2)cc(Br)c1OCc1ccccc1. The molecule has 0 saturated heterocycles. The molecule has 0 unspecified atom stereocenters. The number of hydrogen-bond donors (Lipinski definition) is 2. The predicted octanol–water partition coefficient (Wildman–Crippen LogP) is 5.39. The average molecular weight is 454 g/mol. The van der Waals surface area contributed by atoms with Gasteiger partial charge in [0.05, 0.1) is 11.6 Å². The summed E-state index contributed by atoms with van der Waals surface area (Å²) in [6.07, 6.45) is 3.11. The van der Waals surface area contributed by atoms with Crippen molar-refractivity contribution in [1.29, 1.82) is 0 Å². The summed E-state index contributed by atoms with van der Waals surface area (Å²) in [5.74, 6) is 1.02. The Labute approximate surface area is 177 Å². The molecule has 0 bridgehead atoms. The van der Waals surface area contributed by atoms with Crippen LogP contribution in [0.25, 0.3) is 6.08 Å². The van der Waals surface area contributed by atoms with E-state index in [1.807, 2.05) is 36.4 Å². The Morgan fingerprint density at radius 3 is 2.52 bits per heavy atom. The van der Waals surface area contributed by atoms with E-state index in [0.29, 0.717) is 23.8 Å². The zero-order chi connectivity index (χ0) is 20.6. The summed E-state index contributed by atoms with van der Waals surface area (Å²) in [5, 5.41) is 12.0. The maximum absolute atomic E-state index is 12.1. The summed E-state index contributed by atoms with van der Waals surface area (Å²) in [4.78, 5) is 12.1. The summed E-state index contributed by atoms with van der Waals surface area (Å²) < 4.78 is 12.1. The molecule has 3 aromatic rings. The van der Waals surface area contributed by atoms with E-state index in [1.165, 1.54) is 18.2 Å². The van der Waals surface area contributed by atoms with Gasteiger partial charge in [0.2, 0.25) is 5.91 Å². The van der Waals surface area contributed by atoms with Crippen LogP contribution in [0.5, 0.6) is 17.2 Å². The number of aromatic hydroxyl groups is 1. The first-order chi connectivity index (χ1) is 14.0. The molecule has 0 heterocycles. The van der Waals surface area contributed by atoms with Crippen LogP contribution in [0.4, 0.5) is 5.69 Å². The van der Waals surface area contributed by atoms with Crippen molar-refractivity contribution in [3.05, 3.63) is 88.4 Å². The Balaban J connectivity index is 1.69. The van der Waals surface area contributed by atoms with E-state index in [-0.39, 0.29) is 11.7 Å². The highest BCUT2D eigenvalue weighted by Crippen LogP contribution is 2.37. The lowest BCUT2D eigenvalue weighted by Gasteiger charge is -2.13. The Hall–Kier alpha value is -3.25. The zero-order valence-corrected chi connectivity index (χ0v) is 17.3. The van der Waals surface area contributed by atoms with Gasteiger partial charge in [0.1, 0.15) is 12.4 Å². The number of phenols is 1. The Bertz CT molecular complexity index is 1000. The van der Waals surface area contributed by atoms with Gasteiger partial charge in [-0.05, 0) is 69.5 Å². The van der Waals surface area contributed by atoms with E-state index >= 15 is 0 Å². The molecule has 6 heteroatoms. The maximum atomic E-state index is 12.1. The van der Waals surface area contributed by atoms with Crippen molar-refractivity contribution in [3.63, 3.8) is 0 Å². The van der Waals surface area contributed by atoms with Crippen LogP contribution in [0.3, 0.4) is 0 Å². The van der Waals surface area contributed by atoms with Crippen LogP contribution in [0.15, 0.2) is 77.3 Å². The highest BCUT2D eigenvalue weighted by Gasteiger charge is 2.11. The number of anilines is 1. The van der Waals surface area contributed by atoms with Gasteiger partial charge >= 0.3 is 0 Å². The molecule has 0 fully saturated rings. The van der Waals surface area contributed by atoms with Crippen LogP contribution in [0, 0.1) is 0 Å². The van der Waals surface area contributed by atoms with Gasteiger partial charge < -0.3 is 19.9 Å². The minimum atomic E-state index is -0.282. The zero-order valence-electron chi connectivity index (χ0n) is 15.8.